The first-order valence-electron chi connectivity index (χ1n) is 1.12. The molecular formula is C2H7AlCl2Ni. The summed E-state index contributed by atoms with van der Waals surface area (Å²) in [4.78, 5) is 0. The molecule has 0 atom stereocenters. The molecule has 4 heteroatoms. The van der Waals surface area contributed by atoms with Crippen molar-refractivity contribution in [1.29, 1.82) is 0 Å². The molecule has 0 nitrogen and oxygen atoms in total. The topological polar surface area (TPSA) is 0 Å². The van der Waals surface area contributed by atoms with Crippen LogP contribution in [0.25, 0.3) is 0 Å². The summed E-state index contributed by atoms with van der Waals surface area (Å²) >= 11 is 2.58. The van der Waals surface area contributed by atoms with Crippen molar-refractivity contribution in [2.24, 2.45) is 0 Å². The van der Waals surface area contributed by atoms with Crippen molar-refractivity contribution < 1.29 is 16.5 Å². The van der Waals surface area contributed by atoms with Crippen molar-refractivity contribution in [3.63, 3.8) is 0 Å². The third kappa shape index (κ3) is 46.1. The van der Waals surface area contributed by atoms with Gasteiger partial charge in [-0.2, -0.15) is 0 Å². The third-order valence-electron chi connectivity index (χ3n) is 0. The van der Waals surface area contributed by atoms with Crippen LogP contribution < -0.4 is 0 Å². The fourth-order valence-corrected chi connectivity index (χ4v) is 0. The predicted molar refractivity (Wildman–Crippen MR) is 30.7 cm³/mol. The van der Waals surface area contributed by atoms with Crippen molar-refractivity contribution in [3.05, 3.63) is 0 Å². The number of hydrogen-bond donors (Lipinski definition) is 0. The second kappa shape index (κ2) is 30.6. The van der Waals surface area contributed by atoms with Crippen LogP contribution in [0.3, 0.4) is 0 Å². The molecule has 0 fully saturated rings. The Hall–Kier alpha value is 1.61. The fourth-order valence-electron chi connectivity index (χ4n) is 0. The van der Waals surface area contributed by atoms with Crippen molar-refractivity contribution in [2.75, 3.05) is 0 Å². The molecular weight excluding hydrogens is 181 g/mol. The van der Waals surface area contributed by atoms with Crippen LogP contribution in [0.5, 0.6) is 0 Å². The third-order valence-corrected chi connectivity index (χ3v) is 0. The Balaban J connectivity index is -0.00000000667. The van der Waals surface area contributed by atoms with E-state index in [1.807, 2.05) is 0 Å². The molecule has 0 rings (SSSR count). The zero-order chi connectivity index (χ0) is 2.71. The Labute approximate surface area is 69.6 Å². The summed E-state index contributed by atoms with van der Waals surface area (Å²) in [7, 11) is 0. The van der Waals surface area contributed by atoms with Gasteiger partial charge in [0, 0.05) is 16.5 Å². The summed E-state index contributed by atoms with van der Waals surface area (Å²) in [6.45, 7) is 2.09. The maximum absolute atomic E-state index is 2.58. The van der Waals surface area contributed by atoms with E-state index < -0.39 is 0 Å². The number of hydrogen-bond acceptors (Lipinski definition) is 0. The molecule has 0 aromatic heterocycles. The number of rotatable bonds is 0. The van der Waals surface area contributed by atoms with Gasteiger partial charge in [-0.05, 0) is 0 Å². The molecule has 0 heterocycles. The van der Waals surface area contributed by atoms with E-state index >= 15 is 0 Å². The van der Waals surface area contributed by atoms with Gasteiger partial charge in [0.25, 0.3) is 0 Å². The van der Waals surface area contributed by atoms with Crippen LogP contribution in [0.4, 0.5) is 0 Å². The minimum atomic E-state index is 0. The van der Waals surface area contributed by atoms with Gasteiger partial charge in [-0.3, -0.25) is 0 Å². The molecule has 0 aromatic carbocycles. The SMILES string of the molecule is C[CH2][Al].Cl.Cl.[Ni]. The molecule has 42 valence electrons. The smallest absolute Gasteiger partial charge is 0.117 e. The van der Waals surface area contributed by atoms with Gasteiger partial charge in [-0.25, -0.2) is 0 Å². The van der Waals surface area contributed by atoms with E-state index in [0.29, 0.717) is 0 Å². The Morgan fingerprint density at radius 3 is 1.33 bits per heavy atom. The molecule has 0 amide bonds. The Bertz CT molecular complexity index is 11.5. The number of halogens is 2. The maximum atomic E-state index is 2.58. The van der Waals surface area contributed by atoms with Gasteiger partial charge < -0.3 is 0 Å². The van der Waals surface area contributed by atoms with Crippen LogP contribution >= 0.6 is 24.8 Å². The average molecular weight is 188 g/mol. The molecule has 2 radical (unpaired) electrons. The second-order valence-corrected chi connectivity index (χ2v) is 1.22. The Kier molecular flexibility index (Phi) is 130. The normalized spacial score (nSPS) is 2.83. The fraction of sp³-hybridized carbons (Fsp3) is 1.00. The van der Waals surface area contributed by atoms with Crippen molar-refractivity contribution in [1.82, 2.24) is 0 Å². The zero-order valence-corrected chi connectivity index (χ0v) is 7.19. The van der Waals surface area contributed by atoms with Gasteiger partial charge >= 0.3 is 0 Å². The average Bonchev–Trinajstić information content (AvgIpc) is 0.918. The molecule has 0 aliphatic heterocycles. The largest absolute Gasteiger partial charge is 0.147 e. The van der Waals surface area contributed by atoms with Gasteiger partial charge in [-0.1, -0.05) is 6.92 Å². The van der Waals surface area contributed by atoms with Crippen molar-refractivity contribution in [3.8, 4) is 0 Å². The molecule has 6 heavy (non-hydrogen) atoms. The molecule has 0 N–H and O–H groups in total. The summed E-state index contributed by atoms with van der Waals surface area (Å²) in [5.41, 5.74) is 0. The van der Waals surface area contributed by atoms with Gasteiger partial charge in [0.1, 0.15) is 16.3 Å². The van der Waals surface area contributed by atoms with E-state index in [9.17, 15) is 0 Å². The summed E-state index contributed by atoms with van der Waals surface area (Å²) in [6.07, 6.45) is 0. The van der Waals surface area contributed by atoms with E-state index in [1.165, 1.54) is 5.28 Å². The summed E-state index contributed by atoms with van der Waals surface area (Å²) < 4.78 is 0. The minimum Gasteiger partial charge on any atom is -0.147 e. The first-order valence-corrected chi connectivity index (χ1v) is 1.93. The van der Waals surface area contributed by atoms with Gasteiger partial charge in [-0.15, -0.1) is 30.1 Å². The van der Waals surface area contributed by atoms with Crippen LogP contribution in [-0.2, 0) is 16.5 Å². The molecule has 0 bridgehead atoms. The minimum absolute atomic E-state index is 0. The van der Waals surface area contributed by atoms with Crippen LogP contribution in [0.15, 0.2) is 0 Å². The van der Waals surface area contributed by atoms with Crippen LogP contribution in [0.1, 0.15) is 6.92 Å². The molecule has 0 saturated heterocycles. The van der Waals surface area contributed by atoms with Crippen molar-refractivity contribution in [2.45, 2.75) is 12.2 Å². The monoisotopic (exact) mass is 186 g/mol. The van der Waals surface area contributed by atoms with E-state index in [4.69, 9.17) is 0 Å². The van der Waals surface area contributed by atoms with Crippen molar-refractivity contribution >= 4 is 41.1 Å². The molecule has 0 unspecified atom stereocenters. The molecule has 0 spiro atoms. The van der Waals surface area contributed by atoms with Crippen LogP contribution in [-0.4, -0.2) is 16.3 Å². The first kappa shape index (κ1) is 25.5. The predicted octanol–water partition coefficient (Wildman–Crippen LogP) is 1.43. The van der Waals surface area contributed by atoms with E-state index in [0.717, 1.165) is 0 Å². The maximum Gasteiger partial charge on any atom is 0.117 e. The summed E-state index contributed by atoms with van der Waals surface area (Å²) in [5.74, 6) is 0. The zero-order valence-electron chi connectivity index (χ0n) is 3.42. The Morgan fingerprint density at radius 1 is 1.33 bits per heavy atom. The van der Waals surface area contributed by atoms with Gasteiger partial charge in [0.05, 0.1) is 0 Å². The Morgan fingerprint density at radius 2 is 1.33 bits per heavy atom. The van der Waals surface area contributed by atoms with Gasteiger partial charge in [0.15, 0.2) is 0 Å². The van der Waals surface area contributed by atoms with E-state index in [2.05, 4.69) is 23.2 Å². The second-order valence-electron chi connectivity index (χ2n) is 0.408. The molecule has 0 aliphatic carbocycles. The molecule has 0 saturated carbocycles. The standard InChI is InChI=1S/C2H5.Al.2ClH.Ni/c1-2;;;;/h1H2,2H3;;2*1H;. The first-order chi connectivity index (χ1) is 1.41. The quantitative estimate of drug-likeness (QED) is 0.504. The summed E-state index contributed by atoms with van der Waals surface area (Å²) in [6, 6.07) is 0. The van der Waals surface area contributed by atoms with E-state index in [-0.39, 0.29) is 41.3 Å². The summed E-state index contributed by atoms with van der Waals surface area (Å²) in [5, 5.41) is 1.17. The van der Waals surface area contributed by atoms with Gasteiger partial charge in [0.2, 0.25) is 0 Å². The van der Waals surface area contributed by atoms with E-state index in [1.54, 1.807) is 0 Å². The molecule has 0 aromatic rings. The molecule has 0 aliphatic rings. The van der Waals surface area contributed by atoms with Crippen LogP contribution in [0.2, 0.25) is 5.28 Å². The van der Waals surface area contributed by atoms with Crippen LogP contribution in [0, 0.1) is 0 Å².